The molecule has 0 aliphatic carbocycles. The third-order valence-corrected chi connectivity index (χ3v) is 10.1. The van der Waals surface area contributed by atoms with Gasteiger partial charge in [0.05, 0.1) is 52.9 Å². The zero-order chi connectivity index (χ0) is 42.7. The molecule has 0 saturated heterocycles. The highest BCUT2D eigenvalue weighted by Crippen LogP contribution is 2.37. The van der Waals surface area contributed by atoms with Crippen molar-refractivity contribution >= 4 is 22.7 Å². The predicted octanol–water partition coefficient (Wildman–Crippen LogP) is 5.77. The summed E-state index contributed by atoms with van der Waals surface area (Å²) in [5, 5.41) is 25.0. The minimum absolute atomic E-state index is 0.000581. The number of nitrogens with one attached hydrogen (secondary N) is 1. The van der Waals surface area contributed by atoms with E-state index < -0.39 is 65.6 Å². The van der Waals surface area contributed by atoms with Gasteiger partial charge in [0.1, 0.15) is 11.9 Å². The summed E-state index contributed by atoms with van der Waals surface area (Å²) in [5.41, 5.74) is -2.42. The minimum Gasteiger partial charge on any atom is -0.348 e. The molecule has 2 amide bonds. The molecular weight excluding hydrogens is 789 g/mol. The number of aryl methyl sites for hydroxylation is 2. The highest BCUT2D eigenvalue weighted by atomic mass is 19.4. The maximum atomic E-state index is 15.8. The fraction of sp³-hybridized carbons (Fsp3) is 0.308. The van der Waals surface area contributed by atoms with Gasteiger partial charge in [-0.15, -0.1) is 0 Å². The van der Waals surface area contributed by atoms with E-state index in [2.05, 4.69) is 26.7 Å². The Morgan fingerprint density at radius 3 is 2.39 bits per heavy atom. The Morgan fingerprint density at radius 2 is 1.73 bits per heavy atom. The Kier molecular flexibility index (Phi) is 10.2. The van der Waals surface area contributed by atoms with Crippen molar-refractivity contribution in [2.75, 3.05) is 6.54 Å². The molecular formula is C39H33F7N10O3. The average Bonchev–Trinajstić information content (AvgIpc) is 3.91. The molecule has 5 heterocycles. The number of benzene rings is 2. The van der Waals surface area contributed by atoms with Gasteiger partial charge in [0.2, 0.25) is 5.91 Å². The molecule has 20 heteroatoms. The summed E-state index contributed by atoms with van der Waals surface area (Å²) < 4.78 is 103. The number of amides is 2. The van der Waals surface area contributed by atoms with Gasteiger partial charge in [-0.05, 0) is 67.3 Å². The van der Waals surface area contributed by atoms with Gasteiger partial charge in [-0.2, -0.15) is 42.5 Å². The van der Waals surface area contributed by atoms with Crippen molar-refractivity contribution in [1.82, 2.24) is 44.1 Å². The molecule has 1 aliphatic heterocycles. The van der Waals surface area contributed by atoms with E-state index in [1.54, 1.807) is 30.1 Å². The number of carbonyl (C=O) groups excluding carboxylic acids is 2. The molecule has 6 aromatic rings. The number of hydrogen-bond donors (Lipinski definition) is 1. The number of rotatable bonds is 10. The number of nitriles is 1. The van der Waals surface area contributed by atoms with Crippen molar-refractivity contribution < 1.29 is 40.3 Å². The van der Waals surface area contributed by atoms with Crippen molar-refractivity contribution in [2.45, 2.75) is 57.5 Å². The van der Waals surface area contributed by atoms with Gasteiger partial charge in [-0.3, -0.25) is 23.7 Å². The molecule has 1 N–H and O–H groups in total. The van der Waals surface area contributed by atoms with E-state index in [9.17, 15) is 46.0 Å². The Hall–Kier alpha value is -6.78. The van der Waals surface area contributed by atoms with Gasteiger partial charge in [-0.1, -0.05) is 6.07 Å². The summed E-state index contributed by atoms with van der Waals surface area (Å²) in [6, 6.07) is 7.95. The molecule has 7 rings (SSSR count). The van der Waals surface area contributed by atoms with Gasteiger partial charge < -0.3 is 14.8 Å². The summed E-state index contributed by atoms with van der Waals surface area (Å²) in [6.45, 7) is -0.760. The quantitative estimate of drug-likeness (QED) is 0.173. The van der Waals surface area contributed by atoms with Gasteiger partial charge in [0.25, 0.3) is 11.5 Å². The topological polar surface area (TPSA) is 149 Å². The third kappa shape index (κ3) is 7.67. The van der Waals surface area contributed by atoms with Crippen LogP contribution in [0.5, 0.6) is 0 Å². The second-order valence-corrected chi connectivity index (χ2v) is 14.8. The van der Waals surface area contributed by atoms with Crippen molar-refractivity contribution in [3.05, 3.63) is 111 Å². The molecule has 306 valence electrons. The first kappa shape index (κ1) is 40.4. The molecule has 1 unspecified atom stereocenters. The monoisotopic (exact) mass is 822 g/mol. The minimum atomic E-state index is -4.93. The molecule has 13 nitrogen and oxygen atoms in total. The lowest BCUT2D eigenvalue weighted by Gasteiger charge is -2.37. The van der Waals surface area contributed by atoms with E-state index >= 15 is 4.39 Å². The zero-order valence-corrected chi connectivity index (χ0v) is 31.7. The van der Waals surface area contributed by atoms with Crippen LogP contribution in [0.15, 0.2) is 66.0 Å². The maximum absolute atomic E-state index is 15.8. The largest absolute Gasteiger partial charge is 0.435 e. The van der Waals surface area contributed by atoms with E-state index in [-0.39, 0.29) is 52.9 Å². The number of nitrogens with zero attached hydrogens (tertiary/aromatic N) is 9. The SMILES string of the molecule is Cn1cc(-c2cc(C(F)(F)F)nn2CC(C)(C)NC(=O)C(Cc2cnn(C(F)F)c2)N2CCc3c(-c4cc5cnn(C)c5cc4C#N)ccc(F)c3C2=O)cc(F)c1=O. The van der Waals surface area contributed by atoms with Gasteiger partial charge in [0, 0.05) is 56.0 Å². The van der Waals surface area contributed by atoms with Crippen LogP contribution < -0.4 is 10.9 Å². The number of aromatic nitrogens is 7. The molecule has 0 fully saturated rings. The van der Waals surface area contributed by atoms with Crippen LogP contribution in [0.3, 0.4) is 0 Å². The fourth-order valence-electron chi connectivity index (χ4n) is 7.36. The Bertz CT molecular complexity index is 2730. The van der Waals surface area contributed by atoms with Gasteiger partial charge in [0.15, 0.2) is 11.5 Å². The van der Waals surface area contributed by atoms with Crippen molar-refractivity contribution in [1.29, 1.82) is 5.26 Å². The number of halogens is 7. The zero-order valence-electron chi connectivity index (χ0n) is 31.7. The lowest BCUT2D eigenvalue weighted by atomic mass is 9.87. The molecule has 2 aromatic carbocycles. The first-order valence-corrected chi connectivity index (χ1v) is 17.9. The fourth-order valence-corrected chi connectivity index (χ4v) is 7.36. The van der Waals surface area contributed by atoms with Crippen LogP contribution in [0.1, 0.15) is 53.1 Å². The average molecular weight is 823 g/mol. The molecule has 59 heavy (non-hydrogen) atoms. The first-order chi connectivity index (χ1) is 27.8. The van der Waals surface area contributed by atoms with Crippen LogP contribution in [-0.2, 0) is 44.5 Å². The van der Waals surface area contributed by atoms with Crippen LogP contribution in [0.2, 0.25) is 0 Å². The van der Waals surface area contributed by atoms with Crippen LogP contribution in [0.25, 0.3) is 33.3 Å². The van der Waals surface area contributed by atoms with E-state index in [0.29, 0.717) is 32.8 Å². The van der Waals surface area contributed by atoms with Crippen LogP contribution in [-0.4, -0.2) is 68.7 Å². The third-order valence-electron chi connectivity index (χ3n) is 10.1. The van der Waals surface area contributed by atoms with Crippen molar-refractivity contribution in [2.24, 2.45) is 14.1 Å². The number of fused-ring (bicyclic) bond motifs is 2. The van der Waals surface area contributed by atoms with E-state index in [0.717, 1.165) is 44.9 Å². The summed E-state index contributed by atoms with van der Waals surface area (Å²) in [6.07, 6.45) is -0.522. The van der Waals surface area contributed by atoms with E-state index in [4.69, 9.17) is 0 Å². The lowest BCUT2D eigenvalue weighted by molar-refractivity contribution is -0.141. The Labute approximate surface area is 329 Å². The molecule has 0 saturated carbocycles. The normalized spacial score (nSPS) is 13.9. The van der Waals surface area contributed by atoms with Crippen molar-refractivity contribution in [3.63, 3.8) is 0 Å². The predicted molar refractivity (Wildman–Crippen MR) is 197 cm³/mol. The second kappa shape index (κ2) is 14.9. The highest BCUT2D eigenvalue weighted by Gasteiger charge is 2.40. The van der Waals surface area contributed by atoms with Gasteiger partial charge >= 0.3 is 12.7 Å². The summed E-state index contributed by atoms with van der Waals surface area (Å²) in [5.74, 6) is -3.93. The van der Waals surface area contributed by atoms with E-state index in [1.165, 1.54) is 27.0 Å². The number of alkyl halides is 5. The summed E-state index contributed by atoms with van der Waals surface area (Å²) in [7, 11) is 2.92. The highest BCUT2D eigenvalue weighted by molar-refractivity contribution is 6.02. The standard InChI is InChI=1S/C39H33F7N10O3/c1-38(2,19-56-30(13-32(51-56)39(44,45)46)23-11-28(41)35(58)52(3)18-23)50-34(57)31(9-20-15-49-55(17-20)37(42)43)54-8-7-25-24(5-6-27(40)33(25)36(54)59)26-10-22-16-48-53(4)29(22)12-21(26)14-47/h5-6,10-13,15-18,31,37H,7-9,19H2,1-4H3,(H,50,57). The summed E-state index contributed by atoms with van der Waals surface area (Å²) in [4.78, 5) is 41.8. The van der Waals surface area contributed by atoms with E-state index in [1.807, 2.05) is 0 Å². The number of carbonyl (C=O) groups is 2. The molecule has 1 aliphatic rings. The van der Waals surface area contributed by atoms with Crippen LogP contribution >= 0.6 is 0 Å². The molecule has 4 aromatic heterocycles. The van der Waals surface area contributed by atoms with Crippen LogP contribution in [0, 0.1) is 23.0 Å². The first-order valence-electron chi connectivity index (χ1n) is 17.9. The van der Waals surface area contributed by atoms with Crippen LogP contribution in [0.4, 0.5) is 30.7 Å². The summed E-state index contributed by atoms with van der Waals surface area (Å²) >= 11 is 0. The molecule has 0 spiro atoms. The molecule has 1 atom stereocenters. The van der Waals surface area contributed by atoms with Gasteiger partial charge in [-0.25, -0.2) is 13.5 Å². The maximum Gasteiger partial charge on any atom is 0.435 e. The Balaban J connectivity index is 1.24. The van der Waals surface area contributed by atoms with Crippen molar-refractivity contribution in [3.8, 4) is 28.5 Å². The lowest BCUT2D eigenvalue weighted by Crippen LogP contribution is -2.58. The smallest absolute Gasteiger partial charge is 0.348 e. The Morgan fingerprint density at radius 1 is 0.983 bits per heavy atom. The molecule has 0 bridgehead atoms. The number of hydrogen-bond acceptors (Lipinski definition) is 7. The number of pyridine rings is 1. The molecule has 0 radical (unpaired) electrons. The second-order valence-electron chi connectivity index (χ2n) is 14.8.